The van der Waals surface area contributed by atoms with Gasteiger partial charge >= 0.3 is 5.97 Å². The number of carbonyl (C=O) groups is 1. The van der Waals surface area contributed by atoms with Crippen molar-refractivity contribution >= 4 is 5.97 Å². The van der Waals surface area contributed by atoms with E-state index in [2.05, 4.69) is 6.92 Å². The average Bonchev–Trinajstić information content (AvgIpc) is 2.39. The van der Waals surface area contributed by atoms with Crippen LogP contribution in [-0.4, -0.2) is 24.2 Å². The molecule has 0 aliphatic heterocycles. The van der Waals surface area contributed by atoms with Crippen LogP contribution in [0.4, 0.5) is 0 Å². The first-order chi connectivity index (χ1) is 8.58. The van der Waals surface area contributed by atoms with Crippen molar-refractivity contribution < 1.29 is 14.6 Å². The number of carboxylic acids is 1. The second-order valence-electron chi connectivity index (χ2n) is 4.40. The van der Waals surface area contributed by atoms with Gasteiger partial charge in [0.2, 0.25) is 0 Å². The van der Waals surface area contributed by atoms with Crippen LogP contribution in [0.15, 0.2) is 24.3 Å². The maximum absolute atomic E-state index is 10.7. The topological polar surface area (TPSA) is 72.6 Å². The van der Waals surface area contributed by atoms with Crippen LogP contribution < -0.4 is 10.5 Å². The SMILES string of the molecule is CCC(CCC(N)C(=O)O)c1ccc(OC)cc1. The second kappa shape index (κ2) is 7.01. The molecule has 0 saturated carbocycles. The summed E-state index contributed by atoms with van der Waals surface area (Å²) in [5, 5.41) is 8.76. The highest BCUT2D eigenvalue weighted by Crippen LogP contribution is 2.26. The third-order valence-electron chi connectivity index (χ3n) is 3.22. The molecule has 4 heteroatoms. The predicted molar refractivity (Wildman–Crippen MR) is 70.9 cm³/mol. The molecule has 1 aromatic carbocycles. The molecular weight excluding hydrogens is 230 g/mol. The molecule has 0 aliphatic rings. The van der Waals surface area contributed by atoms with E-state index in [0.717, 1.165) is 18.6 Å². The Bertz CT molecular complexity index is 375. The standard InChI is InChI=1S/C14H21NO3/c1-3-10(6-9-13(15)14(16)17)11-4-7-12(18-2)8-5-11/h4-5,7-8,10,13H,3,6,9,15H2,1-2H3,(H,16,17). The summed E-state index contributed by atoms with van der Waals surface area (Å²) in [4.78, 5) is 10.7. The molecule has 2 atom stereocenters. The number of methoxy groups -OCH3 is 1. The first-order valence-electron chi connectivity index (χ1n) is 6.20. The molecule has 0 spiro atoms. The number of carboxylic acid groups (broad SMARTS) is 1. The lowest BCUT2D eigenvalue weighted by molar-refractivity contribution is -0.138. The normalized spacial score (nSPS) is 13.9. The van der Waals surface area contributed by atoms with Crippen molar-refractivity contribution in [1.82, 2.24) is 0 Å². The van der Waals surface area contributed by atoms with Crippen LogP contribution in [0.5, 0.6) is 5.75 Å². The average molecular weight is 251 g/mol. The molecule has 3 N–H and O–H groups in total. The molecule has 100 valence electrons. The number of nitrogens with two attached hydrogens (primary N) is 1. The minimum absolute atomic E-state index is 0.348. The highest BCUT2D eigenvalue weighted by atomic mass is 16.5. The Morgan fingerprint density at radius 1 is 1.33 bits per heavy atom. The molecule has 0 aliphatic carbocycles. The van der Waals surface area contributed by atoms with Gasteiger partial charge in [-0.3, -0.25) is 4.79 Å². The third kappa shape index (κ3) is 4.04. The van der Waals surface area contributed by atoms with E-state index in [-0.39, 0.29) is 0 Å². The molecule has 0 saturated heterocycles. The smallest absolute Gasteiger partial charge is 0.320 e. The molecule has 18 heavy (non-hydrogen) atoms. The molecule has 0 amide bonds. The van der Waals surface area contributed by atoms with E-state index < -0.39 is 12.0 Å². The molecule has 0 radical (unpaired) electrons. The van der Waals surface area contributed by atoms with Gasteiger partial charge in [-0.1, -0.05) is 19.1 Å². The summed E-state index contributed by atoms with van der Waals surface area (Å²) < 4.78 is 5.11. The van der Waals surface area contributed by atoms with Gasteiger partial charge in [0.25, 0.3) is 0 Å². The molecule has 0 aromatic heterocycles. The zero-order chi connectivity index (χ0) is 13.5. The molecule has 1 aromatic rings. The zero-order valence-corrected chi connectivity index (χ0v) is 10.9. The van der Waals surface area contributed by atoms with Gasteiger partial charge in [0.1, 0.15) is 11.8 Å². The van der Waals surface area contributed by atoms with Crippen molar-refractivity contribution in [3.63, 3.8) is 0 Å². The van der Waals surface area contributed by atoms with Gasteiger partial charge in [-0.2, -0.15) is 0 Å². The molecule has 2 unspecified atom stereocenters. The highest BCUT2D eigenvalue weighted by molar-refractivity contribution is 5.72. The van der Waals surface area contributed by atoms with E-state index in [1.54, 1.807) is 7.11 Å². The largest absolute Gasteiger partial charge is 0.497 e. The van der Waals surface area contributed by atoms with Crippen molar-refractivity contribution in [3.05, 3.63) is 29.8 Å². The Morgan fingerprint density at radius 3 is 2.39 bits per heavy atom. The van der Waals surface area contributed by atoms with Crippen molar-refractivity contribution in [2.45, 2.75) is 38.1 Å². The van der Waals surface area contributed by atoms with Crippen LogP contribution in [0.1, 0.15) is 37.7 Å². The Labute approximate surface area is 108 Å². The lowest BCUT2D eigenvalue weighted by Crippen LogP contribution is -2.30. The number of benzene rings is 1. The van der Waals surface area contributed by atoms with Gasteiger partial charge in [0, 0.05) is 0 Å². The van der Waals surface area contributed by atoms with Crippen LogP contribution in [0.3, 0.4) is 0 Å². The van der Waals surface area contributed by atoms with Gasteiger partial charge in [0.05, 0.1) is 7.11 Å². The minimum Gasteiger partial charge on any atom is -0.497 e. The summed E-state index contributed by atoms with van der Waals surface area (Å²) in [6, 6.07) is 7.14. The molecule has 0 bridgehead atoms. The third-order valence-corrected chi connectivity index (χ3v) is 3.22. The zero-order valence-electron chi connectivity index (χ0n) is 10.9. The van der Waals surface area contributed by atoms with Crippen LogP contribution >= 0.6 is 0 Å². The summed E-state index contributed by atoms with van der Waals surface area (Å²) in [5.41, 5.74) is 6.73. The first-order valence-corrected chi connectivity index (χ1v) is 6.20. The lowest BCUT2D eigenvalue weighted by atomic mass is 9.90. The Morgan fingerprint density at radius 2 is 1.94 bits per heavy atom. The van der Waals surface area contributed by atoms with E-state index in [0.29, 0.717) is 12.3 Å². The van der Waals surface area contributed by atoms with Crippen LogP contribution in [0.2, 0.25) is 0 Å². The molecular formula is C14H21NO3. The maximum atomic E-state index is 10.7. The number of hydrogen-bond acceptors (Lipinski definition) is 3. The molecule has 4 nitrogen and oxygen atoms in total. The fourth-order valence-electron chi connectivity index (χ4n) is 1.99. The summed E-state index contributed by atoms with van der Waals surface area (Å²) >= 11 is 0. The lowest BCUT2D eigenvalue weighted by Gasteiger charge is -2.17. The van der Waals surface area contributed by atoms with Crippen LogP contribution in [0, 0.1) is 0 Å². The Balaban J connectivity index is 2.62. The number of ether oxygens (including phenoxy) is 1. The Hall–Kier alpha value is -1.55. The number of rotatable bonds is 7. The van der Waals surface area contributed by atoms with Gasteiger partial charge in [-0.25, -0.2) is 0 Å². The van der Waals surface area contributed by atoms with Gasteiger partial charge in [-0.15, -0.1) is 0 Å². The van der Waals surface area contributed by atoms with Crippen molar-refractivity contribution in [3.8, 4) is 5.75 Å². The second-order valence-corrected chi connectivity index (χ2v) is 4.40. The molecule has 1 rings (SSSR count). The monoisotopic (exact) mass is 251 g/mol. The number of hydrogen-bond donors (Lipinski definition) is 2. The number of aliphatic carboxylic acids is 1. The summed E-state index contributed by atoms with van der Waals surface area (Å²) in [5.74, 6) is 0.247. The van der Waals surface area contributed by atoms with E-state index in [4.69, 9.17) is 15.6 Å². The first kappa shape index (κ1) is 14.5. The van der Waals surface area contributed by atoms with Gasteiger partial charge < -0.3 is 15.6 Å². The van der Waals surface area contributed by atoms with E-state index >= 15 is 0 Å². The van der Waals surface area contributed by atoms with Crippen molar-refractivity contribution in [1.29, 1.82) is 0 Å². The predicted octanol–water partition coefficient (Wildman–Crippen LogP) is 2.38. The van der Waals surface area contributed by atoms with Gasteiger partial charge in [-0.05, 0) is 42.9 Å². The molecule has 0 fully saturated rings. The molecule has 0 heterocycles. The van der Waals surface area contributed by atoms with E-state index in [9.17, 15) is 4.79 Å². The van der Waals surface area contributed by atoms with Crippen molar-refractivity contribution in [2.75, 3.05) is 7.11 Å². The van der Waals surface area contributed by atoms with Gasteiger partial charge in [0.15, 0.2) is 0 Å². The summed E-state index contributed by atoms with van der Waals surface area (Å²) in [6.07, 6.45) is 2.26. The summed E-state index contributed by atoms with van der Waals surface area (Å²) in [6.45, 7) is 2.10. The summed E-state index contributed by atoms with van der Waals surface area (Å²) in [7, 11) is 1.64. The van der Waals surface area contributed by atoms with Crippen molar-refractivity contribution in [2.24, 2.45) is 5.73 Å². The van der Waals surface area contributed by atoms with E-state index in [1.807, 2.05) is 24.3 Å². The Kier molecular flexibility index (Phi) is 5.65. The maximum Gasteiger partial charge on any atom is 0.320 e. The quantitative estimate of drug-likeness (QED) is 0.780. The minimum atomic E-state index is -0.931. The fourth-order valence-corrected chi connectivity index (χ4v) is 1.99. The van der Waals surface area contributed by atoms with Crippen LogP contribution in [0.25, 0.3) is 0 Å². The highest BCUT2D eigenvalue weighted by Gasteiger charge is 2.15. The van der Waals surface area contributed by atoms with Crippen LogP contribution in [-0.2, 0) is 4.79 Å². The van der Waals surface area contributed by atoms with E-state index in [1.165, 1.54) is 5.56 Å². The fraction of sp³-hybridized carbons (Fsp3) is 0.500.